The molecule has 1 unspecified atom stereocenters. The van der Waals surface area contributed by atoms with E-state index in [2.05, 4.69) is 15.3 Å². The Balaban J connectivity index is 1.31. The summed E-state index contributed by atoms with van der Waals surface area (Å²) in [6.45, 7) is 3.62. The van der Waals surface area contributed by atoms with Crippen LogP contribution in [0.4, 0.5) is 16.4 Å². The van der Waals surface area contributed by atoms with Gasteiger partial charge >= 0.3 is 6.09 Å². The van der Waals surface area contributed by atoms with E-state index in [9.17, 15) is 14.7 Å². The van der Waals surface area contributed by atoms with Gasteiger partial charge in [0.25, 0.3) is 0 Å². The summed E-state index contributed by atoms with van der Waals surface area (Å²) in [7, 11) is 0. The molecule has 0 saturated carbocycles. The van der Waals surface area contributed by atoms with Crippen LogP contribution < -0.4 is 15.0 Å². The first-order chi connectivity index (χ1) is 19.5. The Morgan fingerprint density at radius 1 is 1.02 bits per heavy atom. The largest absolute Gasteiger partial charge is 0.465 e. The van der Waals surface area contributed by atoms with E-state index in [1.54, 1.807) is 18.5 Å². The minimum Gasteiger partial charge on any atom is -0.465 e. The lowest BCUT2D eigenvalue weighted by Crippen LogP contribution is -2.44. The number of rotatable bonds is 6. The van der Waals surface area contributed by atoms with Crippen molar-refractivity contribution in [3.63, 3.8) is 0 Å². The molecular formula is C30H30N6O4. The van der Waals surface area contributed by atoms with Gasteiger partial charge in [-0.05, 0) is 56.0 Å². The Morgan fingerprint density at radius 3 is 2.75 bits per heavy atom. The number of amides is 2. The maximum atomic E-state index is 12.5. The number of carbonyl (C=O) groups excluding carboxylic acids is 1. The van der Waals surface area contributed by atoms with Crippen LogP contribution in [0.1, 0.15) is 31.2 Å². The van der Waals surface area contributed by atoms with Crippen molar-refractivity contribution >= 4 is 34.4 Å². The minimum absolute atomic E-state index is 0.0697. The van der Waals surface area contributed by atoms with Crippen molar-refractivity contribution < 1.29 is 19.4 Å². The van der Waals surface area contributed by atoms with Crippen molar-refractivity contribution in [2.75, 3.05) is 29.9 Å². The molecule has 40 heavy (non-hydrogen) atoms. The smallest absolute Gasteiger partial charge is 0.407 e. The maximum Gasteiger partial charge on any atom is 0.407 e. The van der Waals surface area contributed by atoms with Crippen molar-refractivity contribution in [3.05, 3.63) is 66.5 Å². The van der Waals surface area contributed by atoms with Crippen LogP contribution in [0.2, 0.25) is 0 Å². The summed E-state index contributed by atoms with van der Waals surface area (Å²) >= 11 is 0. The number of pyridine rings is 1. The predicted molar refractivity (Wildman–Crippen MR) is 152 cm³/mol. The van der Waals surface area contributed by atoms with Crippen molar-refractivity contribution in [1.29, 1.82) is 0 Å². The number of nitrogens with zero attached hydrogens (tertiary/aromatic N) is 5. The van der Waals surface area contributed by atoms with Gasteiger partial charge in [-0.2, -0.15) is 0 Å². The molecule has 4 aromatic rings. The van der Waals surface area contributed by atoms with Gasteiger partial charge in [-0.15, -0.1) is 0 Å². The first-order valence-electron chi connectivity index (χ1n) is 13.5. The van der Waals surface area contributed by atoms with E-state index in [0.29, 0.717) is 54.9 Å². The Bertz CT molecular complexity index is 1590. The molecule has 0 spiro atoms. The molecule has 6 rings (SSSR count). The van der Waals surface area contributed by atoms with Crippen molar-refractivity contribution in [3.8, 4) is 22.9 Å². The lowest BCUT2D eigenvalue weighted by Gasteiger charge is -2.31. The molecule has 2 saturated heterocycles. The summed E-state index contributed by atoms with van der Waals surface area (Å²) in [5, 5.41) is 14.5. The summed E-state index contributed by atoms with van der Waals surface area (Å²) in [4.78, 5) is 40.8. The second kappa shape index (κ2) is 10.8. The molecule has 2 aromatic carbocycles. The SMILES string of the molecule is Cc1ccc2c(N3CCCC3=O)cccc2c1Oc1ncccc1-c1ccnc(NC2CCCN(C(=O)O)C2)n1. The van der Waals surface area contributed by atoms with Gasteiger partial charge < -0.3 is 25.0 Å². The third-order valence-electron chi connectivity index (χ3n) is 7.48. The number of hydrogen-bond donors (Lipinski definition) is 2. The Labute approximate surface area is 231 Å². The van der Waals surface area contributed by atoms with Crippen LogP contribution in [-0.2, 0) is 4.79 Å². The minimum atomic E-state index is -0.916. The topological polar surface area (TPSA) is 121 Å². The van der Waals surface area contributed by atoms with E-state index in [1.807, 2.05) is 54.3 Å². The molecule has 4 heterocycles. The van der Waals surface area contributed by atoms with E-state index in [0.717, 1.165) is 41.3 Å². The van der Waals surface area contributed by atoms with Crippen LogP contribution in [-0.4, -0.2) is 62.6 Å². The first kappa shape index (κ1) is 25.5. The normalized spacial score (nSPS) is 17.3. The van der Waals surface area contributed by atoms with Gasteiger partial charge in [0.1, 0.15) is 5.75 Å². The number of benzene rings is 2. The fraction of sp³-hybridized carbons (Fsp3) is 0.300. The van der Waals surface area contributed by atoms with E-state index in [4.69, 9.17) is 9.72 Å². The second-order valence-corrected chi connectivity index (χ2v) is 10.2. The summed E-state index contributed by atoms with van der Waals surface area (Å²) in [6.07, 6.45) is 5.47. The first-order valence-corrected chi connectivity index (χ1v) is 13.5. The molecular weight excluding hydrogens is 508 g/mol. The van der Waals surface area contributed by atoms with Crippen LogP contribution in [0, 0.1) is 6.92 Å². The summed E-state index contributed by atoms with van der Waals surface area (Å²) in [5.41, 5.74) is 3.17. The Kier molecular flexibility index (Phi) is 6.90. The number of likely N-dealkylation sites (tertiary alicyclic amines) is 1. The summed E-state index contributed by atoms with van der Waals surface area (Å²) < 4.78 is 6.52. The van der Waals surface area contributed by atoms with Crippen molar-refractivity contribution in [2.45, 2.75) is 38.6 Å². The molecule has 2 aromatic heterocycles. The van der Waals surface area contributed by atoms with Gasteiger partial charge in [0.15, 0.2) is 0 Å². The van der Waals surface area contributed by atoms with Gasteiger partial charge in [-0.25, -0.2) is 19.7 Å². The molecule has 0 radical (unpaired) electrons. The molecule has 2 aliphatic rings. The number of hydrogen-bond acceptors (Lipinski definition) is 7. The predicted octanol–water partition coefficient (Wildman–Crippen LogP) is 5.47. The average molecular weight is 539 g/mol. The maximum absolute atomic E-state index is 12.5. The molecule has 2 aliphatic heterocycles. The monoisotopic (exact) mass is 538 g/mol. The zero-order valence-electron chi connectivity index (χ0n) is 22.2. The number of fused-ring (bicyclic) bond motifs is 1. The zero-order valence-corrected chi connectivity index (χ0v) is 22.2. The highest BCUT2D eigenvalue weighted by Crippen LogP contribution is 2.40. The zero-order chi connectivity index (χ0) is 27.6. The second-order valence-electron chi connectivity index (χ2n) is 10.2. The number of nitrogens with one attached hydrogen (secondary N) is 1. The van der Waals surface area contributed by atoms with E-state index in [1.165, 1.54) is 4.90 Å². The van der Waals surface area contributed by atoms with Gasteiger partial charge in [0.2, 0.25) is 17.7 Å². The molecule has 10 heteroatoms. The highest BCUT2D eigenvalue weighted by atomic mass is 16.5. The van der Waals surface area contributed by atoms with Crippen molar-refractivity contribution in [1.82, 2.24) is 19.9 Å². The van der Waals surface area contributed by atoms with Crippen LogP contribution in [0.5, 0.6) is 11.6 Å². The lowest BCUT2D eigenvalue weighted by molar-refractivity contribution is -0.117. The molecule has 2 N–H and O–H groups in total. The molecule has 204 valence electrons. The fourth-order valence-corrected chi connectivity index (χ4v) is 5.49. The highest BCUT2D eigenvalue weighted by molar-refractivity contribution is 6.06. The number of piperidine rings is 1. The molecule has 2 fully saturated rings. The summed E-state index contributed by atoms with van der Waals surface area (Å²) in [5.74, 6) is 1.64. The van der Waals surface area contributed by atoms with Gasteiger partial charge in [-0.1, -0.05) is 24.3 Å². The third kappa shape index (κ3) is 5.00. The molecule has 1 atom stereocenters. The number of ether oxygens (including phenoxy) is 1. The van der Waals surface area contributed by atoms with Gasteiger partial charge in [0.05, 0.1) is 16.9 Å². The van der Waals surface area contributed by atoms with E-state index < -0.39 is 6.09 Å². The molecule has 0 bridgehead atoms. The third-order valence-corrected chi connectivity index (χ3v) is 7.48. The number of anilines is 2. The highest BCUT2D eigenvalue weighted by Gasteiger charge is 2.25. The van der Waals surface area contributed by atoms with E-state index in [-0.39, 0.29) is 11.9 Å². The summed E-state index contributed by atoms with van der Waals surface area (Å²) in [6, 6.07) is 15.4. The van der Waals surface area contributed by atoms with Gasteiger partial charge in [0, 0.05) is 55.3 Å². The number of aromatic nitrogens is 3. The number of carbonyl (C=O) groups is 2. The standard InChI is InChI=1S/C30H30N6O4/c1-19-11-12-21-22(7-2-9-25(21)36-17-5-10-26(36)37)27(19)40-28-23(8-3-14-31-28)24-13-15-32-29(34-24)33-20-6-4-16-35(18-20)30(38)39/h2-3,7-9,11-15,20H,4-6,10,16-18H2,1H3,(H,38,39)(H,32,33,34). The van der Waals surface area contributed by atoms with Crippen LogP contribution in [0.3, 0.4) is 0 Å². The number of carboxylic acid groups (broad SMARTS) is 1. The molecule has 0 aliphatic carbocycles. The van der Waals surface area contributed by atoms with Crippen LogP contribution >= 0.6 is 0 Å². The average Bonchev–Trinajstić information content (AvgIpc) is 3.40. The Hall–Kier alpha value is -4.73. The fourth-order valence-electron chi connectivity index (χ4n) is 5.49. The van der Waals surface area contributed by atoms with Crippen molar-refractivity contribution in [2.24, 2.45) is 0 Å². The van der Waals surface area contributed by atoms with Crippen LogP contribution in [0.15, 0.2) is 60.9 Å². The van der Waals surface area contributed by atoms with Crippen LogP contribution in [0.25, 0.3) is 22.0 Å². The Morgan fingerprint density at radius 2 is 1.93 bits per heavy atom. The molecule has 10 nitrogen and oxygen atoms in total. The quantitative estimate of drug-likeness (QED) is 0.331. The van der Waals surface area contributed by atoms with Gasteiger partial charge in [-0.3, -0.25) is 4.79 Å². The van der Waals surface area contributed by atoms with E-state index >= 15 is 0 Å². The molecule has 2 amide bonds. The number of aryl methyl sites for hydroxylation is 1. The lowest BCUT2D eigenvalue weighted by atomic mass is 10.0.